The van der Waals surface area contributed by atoms with Crippen LogP contribution in [0.5, 0.6) is 0 Å². The summed E-state index contributed by atoms with van der Waals surface area (Å²) in [6.45, 7) is 0.0962. The quantitative estimate of drug-likeness (QED) is 0.812. The molecule has 1 aromatic carbocycles. The van der Waals surface area contributed by atoms with Gasteiger partial charge in [-0.05, 0) is 18.4 Å². The fourth-order valence-corrected chi connectivity index (χ4v) is 2.87. The van der Waals surface area contributed by atoms with E-state index in [9.17, 15) is 14.7 Å². The summed E-state index contributed by atoms with van der Waals surface area (Å²) in [7, 11) is 1.23. The minimum atomic E-state index is -1.28. The lowest BCUT2D eigenvalue weighted by Crippen LogP contribution is -2.58. The van der Waals surface area contributed by atoms with Gasteiger partial charge in [-0.15, -0.1) is 0 Å². The molecule has 0 bridgehead atoms. The fraction of sp³-hybridized carbons (Fsp3) is 0.529. The molecule has 1 aromatic rings. The number of nitrogens with one attached hydrogen (secondary N) is 1. The summed E-state index contributed by atoms with van der Waals surface area (Å²) in [5, 5.41) is 13.2. The number of benzene rings is 1. The van der Waals surface area contributed by atoms with Gasteiger partial charge in [0.15, 0.2) is 6.04 Å². The van der Waals surface area contributed by atoms with Crippen LogP contribution in [0.1, 0.15) is 37.7 Å². The molecule has 6 heteroatoms. The van der Waals surface area contributed by atoms with Crippen LogP contribution < -0.4 is 5.32 Å². The molecule has 1 aliphatic rings. The second-order valence-corrected chi connectivity index (χ2v) is 5.83. The van der Waals surface area contributed by atoms with Gasteiger partial charge in [-0.3, -0.25) is 0 Å². The molecule has 1 amide bonds. The first-order chi connectivity index (χ1) is 11.0. The zero-order chi connectivity index (χ0) is 16.7. The van der Waals surface area contributed by atoms with Gasteiger partial charge in [0, 0.05) is 0 Å². The van der Waals surface area contributed by atoms with Crippen molar-refractivity contribution in [2.24, 2.45) is 0 Å². The molecular formula is C17H23NO5. The minimum absolute atomic E-state index is 0.0962. The lowest BCUT2D eigenvalue weighted by atomic mass is 9.79. The maximum absolute atomic E-state index is 12.0. The number of carbonyl (C=O) groups is 2. The summed E-state index contributed by atoms with van der Waals surface area (Å²) >= 11 is 0. The van der Waals surface area contributed by atoms with Gasteiger partial charge in [0.1, 0.15) is 6.61 Å². The van der Waals surface area contributed by atoms with Crippen molar-refractivity contribution in [1.82, 2.24) is 5.32 Å². The topological polar surface area (TPSA) is 84.9 Å². The number of amides is 1. The number of alkyl carbamates (subject to hydrolysis) is 1. The second kappa shape index (κ2) is 7.97. The van der Waals surface area contributed by atoms with Crippen molar-refractivity contribution in [3.8, 4) is 0 Å². The zero-order valence-electron chi connectivity index (χ0n) is 13.3. The van der Waals surface area contributed by atoms with Crippen LogP contribution in [0, 0.1) is 0 Å². The number of methoxy groups -OCH3 is 1. The predicted octanol–water partition coefficient (Wildman–Crippen LogP) is 2.15. The van der Waals surface area contributed by atoms with E-state index in [0.717, 1.165) is 24.8 Å². The molecule has 0 heterocycles. The Balaban J connectivity index is 1.97. The largest absolute Gasteiger partial charge is 0.467 e. The summed E-state index contributed by atoms with van der Waals surface area (Å²) in [5.41, 5.74) is -0.439. The van der Waals surface area contributed by atoms with Crippen molar-refractivity contribution in [3.05, 3.63) is 35.9 Å². The third kappa shape index (κ3) is 4.69. The van der Waals surface area contributed by atoms with E-state index in [1.54, 1.807) is 0 Å². The summed E-state index contributed by atoms with van der Waals surface area (Å²) in [5.74, 6) is -0.661. The van der Waals surface area contributed by atoms with E-state index >= 15 is 0 Å². The Morgan fingerprint density at radius 2 is 1.87 bits per heavy atom. The van der Waals surface area contributed by atoms with Gasteiger partial charge < -0.3 is 19.9 Å². The third-order valence-electron chi connectivity index (χ3n) is 4.17. The van der Waals surface area contributed by atoms with Crippen LogP contribution in [-0.4, -0.2) is 35.9 Å². The molecule has 1 aliphatic carbocycles. The SMILES string of the molecule is COC(=O)C(NC(=O)OCc1ccccc1)C1(O)CCCCC1. The normalized spacial score (nSPS) is 17.8. The first-order valence-corrected chi connectivity index (χ1v) is 7.82. The molecule has 2 N–H and O–H groups in total. The van der Waals surface area contributed by atoms with E-state index in [2.05, 4.69) is 5.32 Å². The maximum Gasteiger partial charge on any atom is 0.408 e. The van der Waals surface area contributed by atoms with Crippen LogP contribution in [0.25, 0.3) is 0 Å². The van der Waals surface area contributed by atoms with Gasteiger partial charge in [0.05, 0.1) is 12.7 Å². The molecule has 0 radical (unpaired) electrons. The first-order valence-electron chi connectivity index (χ1n) is 7.82. The van der Waals surface area contributed by atoms with Crippen LogP contribution in [-0.2, 0) is 20.9 Å². The number of hydrogen-bond donors (Lipinski definition) is 2. The third-order valence-corrected chi connectivity index (χ3v) is 4.17. The smallest absolute Gasteiger partial charge is 0.408 e. The van der Waals surface area contributed by atoms with E-state index in [-0.39, 0.29) is 6.61 Å². The number of ether oxygens (including phenoxy) is 2. The lowest BCUT2D eigenvalue weighted by Gasteiger charge is -2.37. The number of hydrogen-bond acceptors (Lipinski definition) is 5. The van der Waals surface area contributed by atoms with Crippen molar-refractivity contribution in [1.29, 1.82) is 0 Å². The number of aliphatic hydroxyl groups is 1. The monoisotopic (exact) mass is 321 g/mol. The highest BCUT2D eigenvalue weighted by molar-refractivity contribution is 5.82. The average molecular weight is 321 g/mol. The maximum atomic E-state index is 12.0. The number of rotatable bonds is 5. The summed E-state index contributed by atoms with van der Waals surface area (Å²) in [4.78, 5) is 24.0. The van der Waals surface area contributed by atoms with Crippen molar-refractivity contribution >= 4 is 12.1 Å². The standard InChI is InChI=1S/C17H23NO5/c1-22-15(19)14(17(21)10-6-3-7-11-17)18-16(20)23-12-13-8-4-2-5-9-13/h2,4-5,8-9,14,21H,3,6-7,10-12H2,1H3,(H,18,20). The summed E-state index contributed by atoms with van der Waals surface area (Å²) in [6.07, 6.45) is 2.78. The Kier molecular flexibility index (Phi) is 5.98. The Bertz CT molecular complexity index is 525. The molecule has 0 saturated heterocycles. The molecule has 0 aromatic heterocycles. The molecular weight excluding hydrogens is 298 g/mol. The Hall–Kier alpha value is -2.08. The van der Waals surface area contributed by atoms with Gasteiger partial charge in [-0.2, -0.15) is 0 Å². The Morgan fingerprint density at radius 1 is 1.22 bits per heavy atom. The van der Waals surface area contributed by atoms with Crippen molar-refractivity contribution in [2.75, 3.05) is 7.11 Å². The first kappa shape index (κ1) is 17.3. The van der Waals surface area contributed by atoms with E-state index in [4.69, 9.17) is 9.47 Å². The van der Waals surface area contributed by atoms with Gasteiger partial charge in [0.25, 0.3) is 0 Å². The van der Waals surface area contributed by atoms with E-state index in [1.165, 1.54) is 7.11 Å². The Labute approximate surface area is 135 Å². The summed E-state index contributed by atoms with van der Waals surface area (Å²) in [6, 6.07) is 8.11. The second-order valence-electron chi connectivity index (χ2n) is 5.83. The van der Waals surface area contributed by atoms with E-state index < -0.39 is 23.7 Å². The molecule has 6 nitrogen and oxygen atoms in total. The van der Waals surface area contributed by atoms with Gasteiger partial charge in [-0.1, -0.05) is 49.6 Å². The van der Waals surface area contributed by atoms with Gasteiger partial charge in [-0.25, -0.2) is 9.59 Å². The molecule has 126 valence electrons. The van der Waals surface area contributed by atoms with Gasteiger partial charge in [0.2, 0.25) is 0 Å². The van der Waals surface area contributed by atoms with Crippen molar-refractivity contribution < 1.29 is 24.2 Å². The average Bonchev–Trinajstić information content (AvgIpc) is 2.58. The molecule has 1 unspecified atom stereocenters. The van der Waals surface area contributed by atoms with Crippen LogP contribution >= 0.6 is 0 Å². The van der Waals surface area contributed by atoms with E-state index in [0.29, 0.717) is 12.8 Å². The lowest BCUT2D eigenvalue weighted by molar-refractivity contribution is -0.152. The molecule has 1 atom stereocenters. The molecule has 0 aliphatic heterocycles. The number of esters is 1. The van der Waals surface area contributed by atoms with Crippen LogP contribution in [0.2, 0.25) is 0 Å². The Morgan fingerprint density at radius 3 is 2.48 bits per heavy atom. The van der Waals surface area contributed by atoms with Gasteiger partial charge >= 0.3 is 12.1 Å². The molecule has 1 fully saturated rings. The summed E-state index contributed by atoms with van der Waals surface area (Å²) < 4.78 is 9.85. The highest BCUT2D eigenvalue weighted by atomic mass is 16.6. The minimum Gasteiger partial charge on any atom is -0.467 e. The molecule has 23 heavy (non-hydrogen) atoms. The van der Waals surface area contributed by atoms with E-state index in [1.807, 2.05) is 30.3 Å². The van der Waals surface area contributed by atoms with Crippen molar-refractivity contribution in [2.45, 2.75) is 50.4 Å². The molecule has 1 saturated carbocycles. The zero-order valence-corrected chi connectivity index (χ0v) is 13.3. The predicted molar refractivity (Wildman–Crippen MR) is 83.6 cm³/mol. The molecule has 0 spiro atoms. The highest BCUT2D eigenvalue weighted by Gasteiger charge is 2.44. The number of carbonyl (C=O) groups excluding carboxylic acids is 2. The van der Waals surface area contributed by atoms with Crippen LogP contribution in [0.4, 0.5) is 4.79 Å². The fourth-order valence-electron chi connectivity index (χ4n) is 2.87. The van der Waals surface area contributed by atoms with Crippen LogP contribution in [0.15, 0.2) is 30.3 Å². The van der Waals surface area contributed by atoms with Crippen molar-refractivity contribution in [3.63, 3.8) is 0 Å². The van der Waals surface area contributed by atoms with Crippen LogP contribution in [0.3, 0.4) is 0 Å². The highest BCUT2D eigenvalue weighted by Crippen LogP contribution is 2.31. The molecule has 2 rings (SSSR count).